The molecule has 4 heteroatoms. The lowest BCUT2D eigenvalue weighted by Gasteiger charge is -2.41. The van der Waals surface area contributed by atoms with Crippen LogP contribution in [0.25, 0.3) is 0 Å². The third kappa shape index (κ3) is 2.19. The van der Waals surface area contributed by atoms with Gasteiger partial charge in [-0.2, -0.15) is 0 Å². The summed E-state index contributed by atoms with van der Waals surface area (Å²) in [5.41, 5.74) is 0.577. The Hall–Kier alpha value is -1.65. The highest BCUT2D eigenvalue weighted by Gasteiger charge is 2.55. The van der Waals surface area contributed by atoms with Gasteiger partial charge in [0, 0.05) is 31.2 Å². The van der Waals surface area contributed by atoms with E-state index in [2.05, 4.69) is 11.0 Å². The number of hydrogen-bond acceptors (Lipinski definition) is 3. The Morgan fingerprint density at radius 2 is 2.05 bits per heavy atom. The normalized spacial score (nSPS) is 32.5. The van der Waals surface area contributed by atoms with Crippen molar-refractivity contribution in [2.45, 2.75) is 19.0 Å². The van der Waals surface area contributed by atoms with Crippen molar-refractivity contribution in [2.75, 3.05) is 20.2 Å². The lowest BCUT2D eigenvalue weighted by molar-refractivity contribution is -0.141. The van der Waals surface area contributed by atoms with E-state index in [1.54, 1.807) is 4.90 Å². The molecule has 1 N–H and O–H groups in total. The highest BCUT2D eigenvalue weighted by atomic mass is 16.3. The Kier molecular flexibility index (Phi) is 3.59. The van der Waals surface area contributed by atoms with Crippen molar-refractivity contribution in [2.24, 2.45) is 11.8 Å². The summed E-state index contributed by atoms with van der Waals surface area (Å²) in [6.07, 6.45) is 3.98. The molecule has 2 aliphatic heterocycles. The van der Waals surface area contributed by atoms with Gasteiger partial charge in [0.15, 0.2) is 0 Å². The van der Waals surface area contributed by atoms with Crippen molar-refractivity contribution in [3.8, 4) is 0 Å². The maximum Gasteiger partial charge on any atom is 0.247 e. The minimum Gasteiger partial charge on any atom is -0.396 e. The monoisotopic (exact) mass is 286 g/mol. The fraction of sp³-hybridized carbons (Fsp3) is 0.471. The molecule has 3 atom stereocenters. The third-order valence-electron chi connectivity index (χ3n) is 5.06. The van der Waals surface area contributed by atoms with Crippen molar-refractivity contribution in [3.63, 3.8) is 0 Å². The van der Waals surface area contributed by atoms with Gasteiger partial charge >= 0.3 is 0 Å². The average molecular weight is 286 g/mol. The van der Waals surface area contributed by atoms with Crippen molar-refractivity contribution >= 4 is 5.91 Å². The molecular formula is C17H22N2O2. The van der Waals surface area contributed by atoms with E-state index >= 15 is 0 Å². The van der Waals surface area contributed by atoms with Crippen LogP contribution < -0.4 is 0 Å². The molecule has 0 aliphatic carbocycles. The van der Waals surface area contributed by atoms with E-state index in [4.69, 9.17) is 0 Å². The molecule has 3 rings (SSSR count). The summed E-state index contributed by atoms with van der Waals surface area (Å²) in [5, 5.41) is 9.54. The predicted octanol–water partition coefficient (Wildman–Crippen LogP) is 1.47. The van der Waals surface area contributed by atoms with Crippen LogP contribution in [0.3, 0.4) is 0 Å². The number of likely N-dealkylation sites (N-methyl/N-ethyl adjacent to an activating group) is 1. The number of benzene rings is 1. The van der Waals surface area contributed by atoms with Crippen LogP contribution in [0.4, 0.5) is 0 Å². The highest BCUT2D eigenvalue weighted by Crippen LogP contribution is 2.42. The van der Waals surface area contributed by atoms with Crippen molar-refractivity contribution in [1.29, 1.82) is 0 Å². The van der Waals surface area contributed by atoms with Gasteiger partial charge in [-0.05, 0) is 19.5 Å². The van der Waals surface area contributed by atoms with Gasteiger partial charge in [0.25, 0.3) is 0 Å². The molecule has 0 saturated carbocycles. The van der Waals surface area contributed by atoms with Crippen LogP contribution in [-0.4, -0.2) is 46.6 Å². The number of amides is 1. The molecule has 0 spiro atoms. The van der Waals surface area contributed by atoms with Gasteiger partial charge in [-0.3, -0.25) is 9.69 Å². The Morgan fingerprint density at radius 3 is 2.71 bits per heavy atom. The zero-order valence-corrected chi connectivity index (χ0v) is 12.6. The Morgan fingerprint density at radius 1 is 1.33 bits per heavy atom. The van der Waals surface area contributed by atoms with E-state index in [0.717, 1.165) is 12.1 Å². The molecule has 4 nitrogen and oxygen atoms in total. The molecule has 1 saturated heterocycles. The Balaban J connectivity index is 1.87. The maximum absolute atomic E-state index is 13.0. The van der Waals surface area contributed by atoms with E-state index in [1.165, 1.54) is 0 Å². The summed E-state index contributed by atoms with van der Waals surface area (Å²) in [7, 11) is 1.97. The number of carbonyl (C=O) groups is 1. The number of rotatable bonds is 3. The lowest BCUT2D eigenvalue weighted by atomic mass is 9.78. The van der Waals surface area contributed by atoms with Crippen LogP contribution in [-0.2, 0) is 11.3 Å². The van der Waals surface area contributed by atoms with Crippen LogP contribution in [0.1, 0.15) is 12.5 Å². The van der Waals surface area contributed by atoms with Gasteiger partial charge in [-0.25, -0.2) is 0 Å². The van der Waals surface area contributed by atoms with Crippen molar-refractivity contribution in [3.05, 3.63) is 48.2 Å². The fourth-order valence-corrected chi connectivity index (χ4v) is 3.65. The summed E-state index contributed by atoms with van der Waals surface area (Å²) >= 11 is 0. The molecule has 1 amide bonds. The first kappa shape index (κ1) is 14.3. The van der Waals surface area contributed by atoms with Crippen LogP contribution in [0.15, 0.2) is 42.6 Å². The number of hydrogen-bond donors (Lipinski definition) is 1. The van der Waals surface area contributed by atoms with Gasteiger partial charge < -0.3 is 10.0 Å². The number of likely N-dealkylation sites (tertiary alicyclic amines) is 1. The second-order valence-electron chi connectivity index (χ2n) is 6.26. The summed E-state index contributed by atoms with van der Waals surface area (Å²) in [4.78, 5) is 16.8. The summed E-state index contributed by atoms with van der Waals surface area (Å²) in [6.45, 7) is 3.47. The van der Waals surface area contributed by atoms with E-state index < -0.39 is 5.54 Å². The molecule has 2 heterocycles. The molecule has 0 aromatic heterocycles. The quantitative estimate of drug-likeness (QED) is 0.915. The van der Waals surface area contributed by atoms with E-state index in [9.17, 15) is 9.90 Å². The zero-order valence-electron chi connectivity index (χ0n) is 12.6. The van der Waals surface area contributed by atoms with E-state index in [-0.39, 0.29) is 24.3 Å². The van der Waals surface area contributed by atoms with Gasteiger partial charge in [-0.1, -0.05) is 36.4 Å². The molecule has 0 unspecified atom stereocenters. The molecule has 0 bridgehead atoms. The first-order valence-corrected chi connectivity index (χ1v) is 7.42. The molecule has 1 aromatic carbocycles. The number of carbonyl (C=O) groups excluding carboxylic acids is 1. The van der Waals surface area contributed by atoms with Crippen LogP contribution >= 0.6 is 0 Å². The number of fused-ring (bicyclic) bond motifs is 1. The van der Waals surface area contributed by atoms with Gasteiger partial charge in [0.1, 0.15) is 5.54 Å². The predicted molar refractivity (Wildman–Crippen MR) is 81.2 cm³/mol. The van der Waals surface area contributed by atoms with Crippen LogP contribution in [0.2, 0.25) is 0 Å². The molecule has 112 valence electrons. The van der Waals surface area contributed by atoms with Crippen molar-refractivity contribution in [1.82, 2.24) is 9.80 Å². The molecule has 1 aromatic rings. The molecular weight excluding hydrogens is 264 g/mol. The topological polar surface area (TPSA) is 43.8 Å². The van der Waals surface area contributed by atoms with Gasteiger partial charge in [0.05, 0.1) is 6.54 Å². The maximum atomic E-state index is 13.0. The standard InChI is InChI=1S/C17H22N2O2/c1-17-15(14(12-20)11-18(17)2)8-9-19(16(17)21)10-13-6-4-3-5-7-13/h3-9,14-15,20H,10-12H2,1-2H3/t14-,15+,17-/m0/s1. The summed E-state index contributed by atoms with van der Waals surface area (Å²) in [6, 6.07) is 10.0. The minimum absolute atomic E-state index is 0.0898. The largest absolute Gasteiger partial charge is 0.396 e. The number of aliphatic hydroxyl groups excluding tert-OH is 1. The highest BCUT2D eigenvalue weighted by molar-refractivity contribution is 5.89. The SMILES string of the molecule is CN1C[C@@H](CO)[C@H]2C=CN(Cc3ccccc3)C(=O)[C@]21C. The Bertz CT molecular complexity index is 557. The van der Waals surface area contributed by atoms with Crippen LogP contribution in [0.5, 0.6) is 0 Å². The van der Waals surface area contributed by atoms with Gasteiger partial charge in [0.2, 0.25) is 5.91 Å². The molecule has 21 heavy (non-hydrogen) atoms. The van der Waals surface area contributed by atoms with Crippen molar-refractivity contribution < 1.29 is 9.90 Å². The second-order valence-corrected chi connectivity index (χ2v) is 6.26. The molecule has 0 radical (unpaired) electrons. The Labute approximate surface area is 125 Å². The number of nitrogens with zero attached hydrogens (tertiary/aromatic N) is 2. The summed E-state index contributed by atoms with van der Waals surface area (Å²) in [5.74, 6) is 0.350. The fourth-order valence-electron chi connectivity index (χ4n) is 3.65. The van der Waals surface area contributed by atoms with E-state index in [0.29, 0.717) is 6.54 Å². The molecule has 1 fully saturated rings. The van der Waals surface area contributed by atoms with Crippen LogP contribution in [0, 0.1) is 11.8 Å². The zero-order chi connectivity index (χ0) is 15.0. The lowest BCUT2D eigenvalue weighted by Crippen LogP contribution is -2.57. The minimum atomic E-state index is -0.545. The van der Waals surface area contributed by atoms with Gasteiger partial charge in [-0.15, -0.1) is 0 Å². The molecule has 2 aliphatic rings. The smallest absolute Gasteiger partial charge is 0.247 e. The first-order valence-electron chi connectivity index (χ1n) is 7.42. The third-order valence-corrected chi connectivity index (χ3v) is 5.06. The first-order chi connectivity index (χ1) is 10.1. The second kappa shape index (κ2) is 5.28. The number of aliphatic hydroxyl groups is 1. The van der Waals surface area contributed by atoms with E-state index in [1.807, 2.05) is 50.5 Å². The summed E-state index contributed by atoms with van der Waals surface area (Å²) < 4.78 is 0. The average Bonchev–Trinajstić information content (AvgIpc) is 2.76.